The van der Waals surface area contributed by atoms with Crippen LogP contribution in [-0.4, -0.2) is 44.6 Å². The number of unbranched alkanes of at least 4 members (excludes halogenated alkanes) is 2. The smallest absolute Gasteiger partial charge is 0.242 e. The second kappa shape index (κ2) is 14.8. The van der Waals surface area contributed by atoms with Gasteiger partial charge in [-0.1, -0.05) is 13.3 Å². The molecule has 164 valence electrons. The van der Waals surface area contributed by atoms with Gasteiger partial charge in [-0.3, -0.25) is 9.59 Å². The first-order valence-corrected chi connectivity index (χ1v) is 10.6. The Kier molecular flexibility index (Phi) is 12.7. The Labute approximate surface area is 174 Å². The fourth-order valence-electron chi connectivity index (χ4n) is 2.96. The predicted molar refractivity (Wildman–Crippen MR) is 113 cm³/mol. The highest BCUT2D eigenvalue weighted by Crippen LogP contribution is 2.16. The number of hydrogen-bond acceptors (Lipinski definition) is 4. The summed E-state index contributed by atoms with van der Waals surface area (Å²) in [6.07, 6.45) is 5.03. The zero-order chi connectivity index (χ0) is 21.5. The second-order valence-corrected chi connectivity index (χ2v) is 7.28. The lowest BCUT2D eigenvalue weighted by Crippen LogP contribution is -2.47. The lowest BCUT2D eigenvalue weighted by atomic mass is 10.1. The standard InChI is InChI=1S/C22H36FN3O3/c1-4-9-20(22(28)25-12-8-11-24-3)26-21(27)10-6-5-7-13-29-19-15-17(2)14-18(23)16-19/h14-16,20,24H,4-13H2,1-3H3,(H,25,28)(H,26,27). The van der Waals surface area contributed by atoms with E-state index in [2.05, 4.69) is 16.0 Å². The van der Waals surface area contributed by atoms with Crippen molar-refractivity contribution in [3.63, 3.8) is 0 Å². The van der Waals surface area contributed by atoms with Crippen LogP contribution >= 0.6 is 0 Å². The zero-order valence-corrected chi connectivity index (χ0v) is 18.0. The largest absolute Gasteiger partial charge is 0.493 e. The van der Waals surface area contributed by atoms with Gasteiger partial charge >= 0.3 is 0 Å². The third-order valence-electron chi connectivity index (χ3n) is 4.46. The van der Waals surface area contributed by atoms with E-state index >= 15 is 0 Å². The topological polar surface area (TPSA) is 79.5 Å². The van der Waals surface area contributed by atoms with Gasteiger partial charge in [0.15, 0.2) is 0 Å². The normalized spacial score (nSPS) is 11.7. The first kappa shape index (κ1) is 24.9. The number of hydrogen-bond donors (Lipinski definition) is 3. The van der Waals surface area contributed by atoms with Crippen molar-refractivity contribution < 1.29 is 18.7 Å². The van der Waals surface area contributed by atoms with Gasteiger partial charge in [0.2, 0.25) is 11.8 Å². The summed E-state index contributed by atoms with van der Waals surface area (Å²) in [7, 11) is 1.87. The van der Waals surface area contributed by atoms with Crippen molar-refractivity contribution in [3.05, 3.63) is 29.6 Å². The fourth-order valence-corrected chi connectivity index (χ4v) is 2.96. The highest BCUT2D eigenvalue weighted by Gasteiger charge is 2.19. The van der Waals surface area contributed by atoms with Gasteiger partial charge in [0, 0.05) is 19.0 Å². The van der Waals surface area contributed by atoms with E-state index in [1.165, 1.54) is 12.1 Å². The van der Waals surface area contributed by atoms with Crippen LogP contribution in [0.3, 0.4) is 0 Å². The molecule has 6 nitrogen and oxygen atoms in total. The molecule has 0 aliphatic rings. The van der Waals surface area contributed by atoms with E-state index in [1.54, 1.807) is 6.07 Å². The van der Waals surface area contributed by atoms with Crippen molar-refractivity contribution in [2.75, 3.05) is 26.7 Å². The molecule has 1 unspecified atom stereocenters. The number of amides is 2. The van der Waals surface area contributed by atoms with Crippen molar-refractivity contribution >= 4 is 11.8 Å². The summed E-state index contributed by atoms with van der Waals surface area (Å²) in [6.45, 7) is 5.74. The summed E-state index contributed by atoms with van der Waals surface area (Å²) in [4.78, 5) is 24.4. The van der Waals surface area contributed by atoms with Crippen molar-refractivity contribution in [1.29, 1.82) is 0 Å². The highest BCUT2D eigenvalue weighted by atomic mass is 19.1. The third kappa shape index (κ3) is 11.4. The molecule has 0 heterocycles. The number of rotatable bonds is 15. The highest BCUT2D eigenvalue weighted by molar-refractivity contribution is 5.87. The minimum atomic E-state index is -0.471. The molecule has 0 spiro atoms. The average molecular weight is 410 g/mol. The van der Waals surface area contributed by atoms with E-state index in [9.17, 15) is 14.0 Å². The monoisotopic (exact) mass is 409 g/mol. The fraction of sp³-hybridized carbons (Fsp3) is 0.636. The number of benzene rings is 1. The lowest BCUT2D eigenvalue weighted by Gasteiger charge is -2.18. The van der Waals surface area contributed by atoms with E-state index in [4.69, 9.17) is 4.74 Å². The van der Waals surface area contributed by atoms with Crippen LogP contribution in [0, 0.1) is 12.7 Å². The Hall–Kier alpha value is -2.15. The van der Waals surface area contributed by atoms with Gasteiger partial charge in [0.25, 0.3) is 0 Å². The molecule has 0 bridgehead atoms. The Morgan fingerprint density at radius 3 is 2.59 bits per heavy atom. The molecule has 2 amide bonds. The van der Waals surface area contributed by atoms with Gasteiger partial charge < -0.3 is 20.7 Å². The summed E-state index contributed by atoms with van der Waals surface area (Å²) in [5.41, 5.74) is 0.823. The average Bonchev–Trinajstić information content (AvgIpc) is 2.66. The van der Waals surface area contributed by atoms with Gasteiger partial charge in [-0.25, -0.2) is 4.39 Å². The third-order valence-corrected chi connectivity index (χ3v) is 4.46. The van der Waals surface area contributed by atoms with Crippen molar-refractivity contribution in [3.8, 4) is 5.75 Å². The van der Waals surface area contributed by atoms with Crippen molar-refractivity contribution in [1.82, 2.24) is 16.0 Å². The molecule has 7 heteroatoms. The molecule has 3 N–H and O–H groups in total. The van der Waals surface area contributed by atoms with Crippen LogP contribution < -0.4 is 20.7 Å². The van der Waals surface area contributed by atoms with Crippen molar-refractivity contribution in [2.45, 2.75) is 64.8 Å². The van der Waals surface area contributed by atoms with Crippen LogP contribution in [0.5, 0.6) is 5.75 Å². The molecule has 0 radical (unpaired) electrons. The number of carbonyl (C=O) groups is 2. The predicted octanol–water partition coefficient (Wildman–Crippen LogP) is 3.08. The van der Waals surface area contributed by atoms with Crippen molar-refractivity contribution in [2.24, 2.45) is 0 Å². The van der Waals surface area contributed by atoms with E-state index in [0.29, 0.717) is 31.7 Å². The van der Waals surface area contributed by atoms with E-state index in [1.807, 2.05) is 20.9 Å². The number of ether oxygens (including phenoxy) is 1. The summed E-state index contributed by atoms with van der Waals surface area (Å²) in [5.74, 6) is 0.0124. The molecule has 1 rings (SSSR count). The molecule has 0 aliphatic carbocycles. The molecule has 0 aliphatic heterocycles. The van der Waals surface area contributed by atoms with E-state index in [-0.39, 0.29) is 17.6 Å². The van der Waals surface area contributed by atoms with Gasteiger partial charge in [-0.05, 0) is 70.3 Å². The van der Waals surface area contributed by atoms with Gasteiger partial charge in [0.1, 0.15) is 17.6 Å². The Balaban J connectivity index is 2.21. The molecule has 1 aromatic carbocycles. The molecule has 0 saturated heterocycles. The molecule has 1 aromatic rings. The molecule has 29 heavy (non-hydrogen) atoms. The second-order valence-electron chi connectivity index (χ2n) is 7.28. The van der Waals surface area contributed by atoms with E-state index in [0.717, 1.165) is 44.2 Å². The maximum absolute atomic E-state index is 13.3. The number of halogens is 1. The molecular formula is C22H36FN3O3. The molecule has 1 atom stereocenters. The van der Waals surface area contributed by atoms with Crippen LogP contribution in [0.2, 0.25) is 0 Å². The number of aryl methyl sites for hydroxylation is 1. The summed E-state index contributed by atoms with van der Waals surface area (Å²) >= 11 is 0. The molecular weight excluding hydrogens is 373 g/mol. The molecule has 0 saturated carbocycles. The Morgan fingerprint density at radius 2 is 1.90 bits per heavy atom. The van der Waals surface area contributed by atoms with Crippen LogP contribution in [0.15, 0.2) is 18.2 Å². The summed E-state index contributed by atoms with van der Waals surface area (Å²) in [5, 5.41) is 8.76. The summed E-state index contributed by atoms with van der Waals surface area (Å²) in [6, 6.07) is 4.16. The maximum Gasteiger partial charge on any atom is 0.242 e. The minimum Gasteiger partial charge on any atom is -0.493 e. The number of nitrogens with one attached hydrogen (secondary N) is 3. The van der Waals surface area contributed by atoms with Crippen LogP contribution in [0.25, 0.3) is 0 Å². The van der Waals surface area contributed by atoms with Crippen LogP contribution in [-0.2, 0) is 9.59 Å². The SMILES string of the molecule is CCCC(NC(=O)CCCCCOc1cc(C)cc(F)c1)C(=O)NCCCNC. The first-order valence-electron chi connectivity index (χ1n) is 10.6. The molecule has 0 fully saturated rings. The maximum atomic E-state index is 13.3. The van der Waals surface area contributed by atoms with Gasteiger partial charge in [0.05, 0.1) is 6.61 Å². The summed E-state index contributed by atoms with van der Waals surface area (Å²) < 4.78 is 18.9. The zero-order valence-electron chi connectivity index (χ0n) is 18.0. The lowest BCUT2D eigenvalue weighted by molar-refractivity contribution is -0.129. The van der Waals surface area contributed by atoms with Crippen LogP contribution in [0.4, 0.5) is 4.39 Å². The minimum absolute atomic E-state index is 0.101. The first-order chi connectivity index (χ1) is 14.0. The van der Waals surface area contributed by atoms with Gasteiger partial charge in [-0.2, -0.15) is 0 Å². The Bertz CT molecular complexity index is 605. The van der Waals surface area contributed by atoms with Gasteiger partial charge in [-0.15, -0.1) is 0 Å². The van der Waals surface area contributed by atoms with Crippen LogP contribution in [0.1, 0.15) is 57.4 Å². The number of carbonyl (C=O) groups excluding carboxylic acids is 2. The quantitative estimate of drug-likeness (QED) is 0.389. The molecule has 0 aromatic heterocycles. The van der Waals surface area contributed by atoms with E-state index < -0.39 is 6.04 Å². The Morgan fingerprint density at radius 1 is 1.10 bits per heavy atom.